The van der Waals surface area contributed by atoms with Crippen LogP contribution in [0.15, 0.2) is 12.2 Å². The molecule has 0 nitrogen and oxygen atoms in total. The van der Waals surface area contributed by atoms with Crippen LogP contribution in [-0.2, 0) is 0 Å². The quantitative estimate of drug-likeness (QED) is 0.531. The van der Waals surface area contributed by atoms with Crippen molar-refractivity contribution in [2.75, 3.05) is 0 Å². The molecule has 0 spiro atoms. The first kappa shape index (κ1) is 10.6. The van der Waals surface area contributed by atoms with Crippen molar-refractivity contribution < 1.29 is 0 Å². The molecular weight excluding hydrogens is 204 g/mol. The van der Waals surface area contributed by atoms with Gasteiger partial charge in [0.25, 0.3) is 0 Å². The van der Waals surface area contributed by atoms with Crippen molar-refractivity contribution in [3.63, 3.8) is 0 Å². The molecule has 1 rings (SSSR count). The lowest BCUT2D eigenvalue weighted by atomic mass is 9.95. The number of hydrogen-bond donors (Lipinski definition) is 2. The summed E-state index contributed by atoms with van der Waals surface area (Å²) in [5.74, 6) is 0.466. The Morgan fingerprint density at radius 1 is 1.67 bits per heavy atom. The Hall–Kier alpha value is 0.530. The maximum absolute atomic E-state index is 5.09. The molecule has 0 amide bonds. The van der Waals surface area contributed by atoms with Gasteiger partial charge < -0.3 is 0 Å². The van der Waals surface area contributed by atoms with Crippen LogP contribution in [0.1, 0.15) is 20.3 Å². The van der Waals surface area contributed by atoms with Crippen molar-refractivity contribution in [2.24, 2.45) is 5.92 Å². The van der Waals surface area contributed by atoms with Gasteiger partial charge in [-0.15, -0.1) is 0 Å². The van der Waals surface area contributed by atoms with E-state index in [4.69, 9.17) is 12.2 Å². The van der Waals surface area contributed by atoms with Gasteiger partial charge in [-0.3, -0.25) is 0 Å². The van der Waals surface area contributed by atoms with Crippen molar-refractivity contribution in [1.29, 1.82) is 0 Å². The summed E-state index contributed by atoms with van der Waals surface area (Å²) in [5, 5.41) is 0.275. The molecule has 2 atom stereocenters. The molecule has 2 unspecified atom stereocenters. The van der Waals surface area contributed by atoms with E-state index in [2.05, 4.69) is 45.2 Å². The van der Waals surface area contributed by atoms with Crippen LogP contribution in [-0.4, -0.2) is 14.9 Å². The third-order valence-electron chi connectivity index (χ3n) is 2.10. The van der Waals surface area contributed by atoms with Crippen LogP contribution >= 0.6 is 37.5 Å². The van der Waals surface area contributed by atoms with Crippen molar-refractivity contribution in [1.82, 2.24) is 0 Å². The third-order valence-corrected chi connectivity index (χ3v) is 3.91. The fraction of sp³-hybridized carbons (Fsp3) is 0.667. The van der Waals surface area contributed by atoms with Crippen molar-refractivity contribution in [3.05, 3.63) is 12.2 Å². The molecule has 0 N–H and O–H groups in total. The van der Waals surface area contributed by atoms with Crippen LogP contribution < -0.4 is 0 Å². The molecule has 1 aliphatic rings. The van der Waals surface area contributed by atoms with E-state index in [1.807, 2.05) is 6.08 Å². The molecule has 0 fully saturated rings. The zero-order valence-electron chi connectivity index (χ0n) is 7.32. The van der Waals surface area contributed by atoms with Crippen molar-refractivity contribution in [2.45, 2.75) is 30.3 Å². The highest BCUT2D eigenvalue weighted by molar-refractivity contribution is 7.85. The first-order valence-electron chi connectivity index (χ1n) is 4.03. The lowest BCUT2D eigenvalue weighted by Crippen LogP contribution is -2.31. The van der Waals surface area contributed by atoms with Crippen LogP contribution in [0.2, 0.25) is 0 Å². The van der Waals surface area contributed by atoms with Crippen molar-refractivity contribution >= 4 is 42.3 Å². The molecule has 0 aromatic heterocycles. The summed E-state index contributed by atoms with van der Waals surface area (Å²) in [6.07, 6.45) is 5.13. The first-order chi connectivity index (χ1) is 5.41. The minimum absolute atomic E-state index is 0.0436. The second-order valence-corrected chi connectivity index (χ2v) is 6.03. The summed E-state index contributed by atoms with van der Waals surface area (Å²) >= 11 is 14.2. The Morgan fingerprint density at radius 2 is 2.25 bits per heavy atom. The molecule has 1 aliphatic carbocycles. The lowest BCUT2D eigenvalue weighted by molar-refractivity contribution is 0.555. The van der Waals surface area contributed by atoms with Gasteiger partial charge in [0.2, 0.25) is 0 Å². The summed E-state index contributed by atoms with van der Waals surface area (Å²) in [6.45, 7) is 4.17. The highest BCUT2D eigenvalue weighted by Gasteiger charge is 2.30. The zero-order chi connectivity index (χ0) is 9.35. The molecule has 3 heteroatoms. The third kappa shape index (κ3) is 2.51. The topological polar surface area (TPSA) is 0 Å². The molecule has 68 valence electrons. The Balaban J connectivity index is 2.61. The molecule has 0 saturated carbocycles. The van der Waals surface area contributed by atoms with Gasteiger partial charge in [0.05, 0.1) is 0 Å². The second-order valence-electron chi connectivity index (χ2n) is 3.79. The van der Waals surface area contributed by atoms with Crippen molar-refractivity contribution in [3.8, 4) is 0 Å². The highest BCUT2D eigenvalue weighted by atomic mass is 32.1. The smallest absolute Gasteiger partial charge is 0.0222 e. The molecule has 12 heavy (non-hydrogen) atoms. The molecular formula is C9H14S3. The zero-order valence-corrected chi connectivity index (χ0v) is 9.92. The Morgan fingerprint density at radius 3 is 2.58 bits per heavy atom. The van der Waals surface area contributed by atoms with E-state index in [9.17, 15) is 0 Å². The molecule has 0 heterocycles. The molecule has 0 saturated heterocycles. The Kier molecular flexibility index (Phi) is 3.29. The molecule has 0 bridgehead atoms. The summed E-state index contributed by atoms with van der Waals surface area (Å²) in [6, 6.07) is 0. The fourth-order valence-electron chi connectivity index (χ4n) is 1.34. The average Bonchev–Trinajstić information content (AvgIpc) is 2.32. The summed E-state index contributed by atoms with van der Waals surface area (Å²) in [4.78, 5) is 1.04. The maximum Gasteiger partial charge on any atom is 0.0222 e. The van der Waals surface area contributed by atoms with E-state index in [1.165, 1.54) is 0 Å². The molecule has 0 aliphatic heterocycles. The molecule has 0 aromatic rings. The average molecular weight is 218 g/mol. The van der Waals surface area contributed by atoms with Crippen LogP contribution in [0.5, 0.6) is 0 Å². The summed E-state index contributed by atoms with van der Waals surface area (Å²) in [5.41, 5.74) is 0. The normalized spacial score (nSPS) is 26.3. The van der Waals surface area contributed by atoms with Gasteiger partial charge in [0.15, 0.2) is 0 Å². The van der Waals surface area contributed by atoms with Gasteiger partial charge in [0, 0.05) is 14.9 Å². The minimum Gasteiger partial charge on any atom is -0.174 e. The van der Waals surface area contributed by atoms with Gasteiger partial charge in [-0.2, -0.15) is 25.3 Å². The Bertz CT molecular complexity index is 212. The number of rotatable bonds is 2. The van der Waals surface area contributed by atoms with Crippen LogP contribution in [0, 0.1) is 5.92 Å². The van der Waals surface area contributed by atoms with E-state index in [0.29, 0.717) is 5.92 Å². The van der Waals surface area contributed by atoms with Gasteiger partial charge in [-0.1, -0.05) is 24.4 Å². The Labute approximate surface area is 90.6 Å². The highest BCUT2D eigenvalue weighted by Crippen LogP contribution is 2.33. The monoisotopic (exact) mass is 218 g/mol. The van der Waals surface area contributed by atoms with E-state index in [-0.39, 0.29) is 10.00 Å². The molecule has 0 aromatic carbocycles. The van der Waals surface area contributed by atoms with Crippen LogP contribution in [0.3, 0.4) is 0 Å². The van der Waals surface area contributed by atoms with E-state index in [0.717, 1.165) is 11.3 Å². The number of hydrogen-bond acceptors (Lipinski definition) is 3. The number of thiocarbonyl (C=S) groups is 1. The lowest BCUT2D eigenvalue weighted by Gasteiger charge is -2.29. The van der Waals surface area contributed by atoms with E-state index < -0.39 is 0 Å². The number of thiol groups is 2. The standard InChI is InChI=1S/C9H14S3/c1-9(2,12)8(11)6-3-4-7(10)5-6/h3-4,6,8,11-12H,5H2,1-2H3. The second kappa shape index (κ2) is 3.72. The summed E-state index contributed by atoms with van der Waals surface area (Å²) in [7, 11) is 0. The van der Waals surface area contributed by atoms with Gasteiger partial charge >= 0.3 is 0 Å². The van der Waals surface area contributed by atoms with Crippen LogP contribution in [0.25, 0.3) is 0 Å². The van der Waals surface area contributed by atoms with E-state index >= 15 is 0 Å². The van der Waals surface area contributed by atoms with E-state index in [1.54, 1.807) is 0 Å². The SMILES string of the molecule is CC(C)(S)C(S)C1C=CC(=S)C1. The molecule has 0 radical (unpaired) electrons. The largest absolute Gasteiger partial charge is 0.174 e. The maximum atomic E-state index is 5.09. The minimum atomic E-state index is -0.0436. The number of allylic oxidation sites excluding steroid dienone is 2. The first-order valence-corrected chi connectivity index (χ1v) is 5.40. The fourth-order valence-corrected chi connectivity index (χ4v) is 2.01. The van der Waals surface area contributed by atoms with Gasteiger partial charge in [-0.05, 0) is 26.2 Å². The predicted molar refractivity (Wildman–Crippen MR) is 65.7 cm³/mol. The van der Waals surface area contributed by atoms with Gasteiger partial charge in [-0.25, -0.2) is 0 Å². The van der Waals surface area contributed by atoms with Crippen LogP contribution in [0.4, 0.5) is 0 Å². The van der Waals surface area contributed by atoms with Gasteiger partial charge in [0.1, 0.15) is 0 Å². The predicted octanol–water partition coefficient (Wildman–Crippen LogP) is 2.94. The summed E-state index contributed by atoms with van der Waals surface area (Å²) < 4.78 is -0.0436.